The largest absolute Gasteiger partial charge is 0.465 e. The third-order valence-corrected chi connectivity index (χ3v) is 8.88. The van der Waals surface area contributed by atoms with Crippen molar-refractivity contribution in [2.45, 2.75) is 83.1 Å². The average Bonchev–Trinajstić information content (AvgIpc) is 3.54. The van der Waals surface area contributed by atoms with E-state index in [0.29, 0.717) is 25.7 Å². The highest BCUT2D eigenvalue weighted by molar-refractivity contribution is 6.05. The smallest absolute Gasteiger partial charge is 0.312 e. The van der Waals surface area contributed by atoms with Gasteiger partial charge in [0.1, 0.15) is 17.6 Å². The zero-order chi connectivity index (χ0) is 28.5. The predicted molar refractivity (Wildman–Crippen MR) is 149 cm³/mol. The lowest BCUT2D eigenvalue weighted by Gasteiger charge is -2.39. The second-order valence-corrected chi connectivity index (χ2v) is 11.2. The van der Waals surface area contributed by atoms with Crippen LogP contribution in [0, 0.1) is 25.7 Å². The number of anilines is 1. The van der Waals surface area contributed by atoms with Gasteiger partial charge in [-0.2, -0.15) is 0 Å². The van der Waals surface area contributed by atoms with Crippen molar-refractivity contribution in [1.29, 1.82) is 0 Å². The molecule has 3 fully saturated rings. The van der Waals surface area contributed by atoms with Gasteiger partial charge in [0, 0.05) is 12.2 Å². The van der Waals surface area contributed by atoms with Crippen LogP contribution in [0.25, 0.3) is 0 Å². The minimum atomic E-state index is -1.18. The molecule has 1 spiro atoms. The van der Waals surface area contributed by atoms with Gasteiger partial charge in [-0.3, -0.25) is 14.4 Å². The number of aryl methyl sites for hydroxylation is 2. The Balaban J connectivity index is 1.80. The summed E-state index contributed by atoms with van der Waals surface area (Å²) in [5.41, 5.74) is 0.596. The van der Waals surface area contributed by atoms with Crippen LogP contribution in [-0.2, 0) is 23.9 Å². The van der Waals surface area contributed by atoms with Crippen LogP contribution >= 0.6 is 0 Å². The number of fused-ring (bicyclic) bond motifs is 1. The predicted octanol–water partition coefficient (Wildman–Crippen LogP) is 3.87. The summed E-state index contributed by atoms with van der Waals surface area (Å²) in [5.74, 6) is -2.76. The first kappa shape index (κ1) is 29.0. The molecule has 0 radical (unpaired) electrons. The van der Waals surface area contributed by atoms with Crippen LogP contribution in [0.3, 0.4) is 0 Å². The van der Waals surface area contributed by atoms with Crippen molar-refractivity contribution in [3.8, 4) is 0 Å². The molecule has 3 aliphatic heterocycles. The number of nitrogens with zero attached hydrogens (tertiary/aromatic N) is 2. The lowest BCUT2D eigenvalue weighted by Crippen LogP contribution is -2.58. The molecule has 2 amide bonds. The summed E-state index contributed by atoms with van der Waals surface area (Å²) in [7, 11) is 0. The molecular weight excluding hydrogens is 496 g/mol. The quantitative estimate of drug-likeness (QED) is 0.247. The van der Waals surface area contributed by atoms with Crippen LogP contribution in [0.1, 0.15) is 57.1 Å². The number of amides is 2. The highest BCUT2D eigenvalue weighted by atomic mass is 16.6. The van der Waals surface area contributed by atoms with Gasteiger partial charge in [0.05, 0.1) is 30.8 Å². The Morgan fingerprint density at radius 2 is 2.03 bits per heavy atom. The van der Waals surface area contributed by atoms with E-state index in [0.717, 1.165) is 23.2 Å². The third-order valence-electron chi connectivity index (χ3n) is 8.88. The Morgan fingerprint density at radius 3 is 2.67 bits per heavy atom. The van der Waals surface area contributed by atoms with Gasteiger partial charge in [-0.1, -0.05) is 31.2 Å². The fraction of sp³-hybridized carbons (Fsp3) is 0.581. The van der Waals surface area contributed by atoms with E-state index >= 15 is 0 Å². The van der Waals surface area contributed by atoms with Crippen molar-refractivity contribution in [1.82, 2.24) is 4.90 Å². The van der Waals surface area contributed by atoms with Gasteiger partial charge in [0.15, 0.2) is 0 Å². The molecule has 8 heteroatoms. The molecule has 0 aromatic heterocycles. The Morgan fingerprint density at radius 1 is 1.28 bits per heavy atom. The Hall–Kier alpha value is -2.97. The van der Waals surface area contributed by atoms with Gasteiger partial charge < -0.3 is 24.4 Å². The summed E-state index contributed by atoms with van der Waals surface area (Å²) in [6.07, 6.45) is 6.34. The molecule has 39 heavy (non-hydrogen) atoms. The molecule has 2 unspecified atom stereocenters. The number of benzene rings is 1. The first-order valence-electron chi connectivity index (χ1n) is 14.0. The van der Waals surface area contributed by atoms with Crippen molar-refractivity contribution in [2.24, 2.45) is 11.8 Å². The SMILES string of the molecule is C=CCCCOC(=O)[C@H]1[C@H]2C(=O)N([C@H](C)CO)C(C(=O)N(CC=C)c3cc(C)ccc3C)C23CC[C@]1(CC)O3. The van der Waals surface area contributed by atoms with E-state index in [1.54, 1.807) is 24.0 Å². The van der Waals surface area contributed by atoms with Gasteiger partial charge in [-0.25, -0.2) is 0 Å². The topological polar surface area (TPSA) is 96.4 Å². The lowest BCUT2D eigenvalue weighted by molar-refractivity contribution is -0.162. The number of aliphatic hydroxyl groups excluding tert-OH is 1. The normalized spacial score (nSPS) is 29.7. The van der Waals surface area contributed by atoms with Crippen molar-refractivity contribution in [2.75, 3.05) is 24.7 Å². The van der Waals surface area contributed by atoms with Crippen molar-refractivity contribution in [3.05, 3.63) is 54.6 Å². The number of allylic oxidation sites excluding steroid dienone is 1. The number of carbonyl (C=O) groups excluding carboxylic acids is 3. The monoisotopic (exact) mass is 538 g/mol. The number of unbranched alkanes of at least 4 members (excludes halogenated alkanes) is 1. The molecule has 8 nitrogen and oxygen atoms in total. The molecule has 3 heterocycles. The van der Waals surface area contributed by atoms with Gasteiger partial charge in [0.25, 0.3) is 5.91 Å². The summed E-state index contributed by atoms with van der Waals surface area (Å²) in [5, 5.41) is 10.1. The number of likely N-dealkylation sites (tertiary alicyclic amines) is 1. The molecule has 0 saturated carbocycles. The molecule has 1 aromatic carbocycles. The maximum absolute atomic E-state index is 14.6. The highest BCUT2D eigenvalue weighted by Crippen LogP contribution is 2.65. The summed E-state index contributed by atoms with van der Waals surface area (Å²) >= 11 is 0. The van der Waals surface area contributed by atoms with Crippen LogP contribution in [0.5, 0.6) is 0 Å². The Bertz CT molecular complexity index is 1150. The maximum atomic E-state index is 14.6. The molecule has 212 valence electrons. The van der Waals surface area contributed by atoms with Gasteiger partial charge in [-0.05, 0) is 70.1 Å². The van der Waals surface area contributed by atoms with E-state index in [9.17, 15) is 19.5 Å². The third kappa shape index (κ3) is 4.61. The van der Waals surface area contributed by atoms with E-state index in [4.69, 9.17) is 9.47 Å². The fourth-order valence-corrected chi connectivity index (χ4v) is 6.94. The number of aliphatic hydroxyl groups is 1. The zero-order valence-electron chi connectivity index (χ0n) is 23.7. The second-order valence-electron chi connectivity index (χ2n) is 11.2. The summed E-state index contributed by atoms with van der Waals surface area (Å²) in [6, 6.07) is 4.27. The van der Waals surface area contributed by atoms with E-state index in [1.165, 1.54) is 4.90 Å². The fourth-order valence-electron chi connectivity index (χ4n) is 6.94. The minimum Gasteiger partial charge on any atom is -0.465 e. The number of hydrogen-bond donors (Lipinski definition) is 1. The Labute approximate surface area is 231 Å². The molecule has 1 aromatic rings. The molecule has 6 atom stereocenters. The number of esters is 1. The number of ether oxygens (including phenoxy) is 2. The van der Waals surface area contributed by atoms with E-state index in [2.05, 4.69) is 13.2 Å². The van der Waals surface area contributed by atoms with Crippen LogP contribution in [-0.4, -0.2) is 70.8 Å². The molecule has 2 bridgehead atoms. The molecule has 3 saturated heterocycles. The Kier molecular flexibility index (Phi) is 8.38. The zero-order valence-corrected chi connectivity index (χ0v) is 23.7. The van der Waals surface area contributed by atoms with E-state index < -0.39 is 41.1 Å². The maximum Gasteiger partial charge on any atom is 0.312 e. The van der Waals surface area contributed by atoms with Crippen molar-refractivity contribution in [3.63, 3.8) is 0 Å². The standard InChI is InChI=1S/C31H42N2O6/c1-7-10-11-17-38-29(37)25-24-27(35)33(22(6)19-34)26(31(24)15-14-30(25,9-3)39-31)28(36)32(16-8-2)23-18-20(4)12-13-21(23)5/h7-8,12-13,18,22,24-26,34H,1-2,9-11,14-17,19H2,3-6H3/t22-,24+,25-,26?,30+,31?/m1/s1. The number of hydrogen-bond acceptors (Lipinski definition) is 6. The number of rotatable bonds is 12. The van der Waals surface area contributed by atoms with Gasteiger partial charge >= 0.3 is 5.97 Å². The van der Waals surface area contributed by atoms with E-state index in [1.807, 2.05) is 39.0 Å². The van der Waals surface area contributed by atoms with Crippen LogP contribution in [0.2, 0.25) is 0 Å². The van der Waals surface area contributed by atoms with Crippen molar-refractivity contribution >= 4 is 23.5 Å². The van der Waals surface area contributed by atoms with Crippen molar-refractivity contribution < 1.29 is 29.0 Å². The minimum absolute atomic E-state index is 0.230. The van der Waals surface area contributed by atoms with E-state index in [-0.39, 0.29) is 31.6 Å². The van der Waals surface area contributed by atoms with Gasteiger partial charge in [-0.15, -0.1) is 13.2 Å². The average molecular weight is 539 g/mol. The lowest BCUT2D eigenvalue weighted by atomic mass is 9.65. The molecular formula is C31H42N2O6. The molecule has 1 N–H and O–H groups in total. The number of carbonyl (C=O) groups is 3. The summed E-state index contributed by atoms with van der Waals surface area (Å²) < 4.78 is 12.5. The molecule has 3 aliphatic rings. The van der Waals surface area contributed by atoms with Crippen LogP contribution < -0.4 is 4.90 Å². The molecule has 0 aliphatic carbocycles. The van der Waals surface area contributed by atoms with Crippen LogP contribution in [0.4, 0.5) is 5.69 Å². The second kappa shape index (κ2) is 11.3. The first-order valence-corrected chi connectivity index (χ1v) is 14.0. The first-order chi connectivity index (χ1) is 18.6. The summed E-state index contributed by atoms with van der Waals surface area (Å²) in [4.78, 5) is 45.5. The van der Waals surface area contributed by atoms with Gasteiger partial charge in [0.2, 0.25) is 5.91 Å². The molecule has 4 rings (SSSR count). The highest BCUT2D eigenvalue weighted by Gasteiger charge is 2.79. The summed E-state index contributed by atoms with van der Waals surface area (Å²) in [6.45, 7) is 15.3. The van der Waals surface area contributed by atoms with Crippen LogP contribution in [0.15, 0.2) is 43.5 Å².